The molecular weight excluding hydrogens is 266 g/mol. The number of nitrogen functional groups attached to an aromatic ring is 1. The lowest BCUT2D eigenvalue weighted by atomic mass is 9.82. The molecule has 0 atom stereocenters. The molecular formula is C16H25N3O2. The highest BCUT2D eigenvalue weighted by Gasteiger charge is 2.27. The first-order valence-electron chi connectivity index (χ1n) is 7.65. The molecule has 116 valence electrons. The van der Waals surface area contributed by atoms with E-state index in [1.807, 2.05) is 6.07 Å². The number of hydrogen-bond donors (Lipinski definition) is 2. The summed E-state index contributed by atoms with van der Waals surface area (Å²) in [6, 6.07) is 3.47. The summed E-state index contributed by atoms with van der Waals surface area (Å²) < 4.78 is 5.38. The van der Waals surface area contributed by atoms with Crippen LogP contribution in [0.15, 0.2) is 12.1 Å². The summed E-state index contributed by atoms with van der Waals surface area (Å²) in [4.78, 5) is 16.6. The van der Waals surface area contributed by atoms with Crippen molar-refractivity contribution in [1.82, 2.24) is 10.3 Å². The van der Waals surface area contributed by atoms with Gasteiger partial charge in [0.1, 0.15) is 5.82 Å². The third-order valence-corrected chi connectivity index (χ3v) is 4.04. The highest BCUT2D eigenvalue weighted by atomic mass is 16.5. The van der Waals surface area contributed by atoms with Crippen molar-refractivity contribution in [1.29, 1.82) is 0 Å². The van der Waals surface area contributed by atoms with Gasteiger partial charge in [0.15, 0.2) is 0 Å². The molecule has 1 amide bonds. The second kappa shape index (κ2) is 6.89. The van der Waals surface area contributed by atoms with Crippen LogP contribution in [0.25, 0.3) is 0 Å². The quantitative estimate of drug-likeness (QED) is 0.871. The zero-order valence-corrected chi connectivity index (χ0v) is 12.9. The lowest BCUT2D eigenvalue weighted by Crippen LogP contribution is -2.39. The largest absolute Gasteiger partial charge is 0.384 e. The van der Waals surface area contributed by atoms with Crippen LogP contribution in [0.5, 0.6) is 0 Å². The third kappa shape index (κ3) is 4.43. The Hall–Kier alpha value is -1.62. The van der Waals surface area contributed by atoms with Gasteiger partial charge in [-0.1, -0.05) is 20.3 Å². The Balaban J connectivity index is 1.99. The Morgan fingerprint density at radius 1 is 1.43 bits per heavy atom. The van der Waals surface area contributed by atoms with Crippen molar-refractivity contribution in [2.75, 3.05) is 25.5 Å². The number of carbonyl (C=O) groups is 1. The summed E-state index contributed by atoms with van der Waals surface area (Å²) in [6.07, 6.45) is 3.77. The fraction of sp³-hybridized carbons (Fsp3) is 0.625. The fourth-order valence-electron chi connectivity index (χ4n) is 2.56. The highest BCUT2D eigenvalue weighted by molar-refractivity contribution is 5.94. The molecule has 1 aliphatic heterocycles. The van der Waals surface area contributed by atoms with Gasteiger partial charge in [-0.2, -0.15) is 0 Å². The number of nitrogens with zero attached hydrogens (tertiary/aromatic N) is 1. The zero-order chi connectivity index (χ0) is 15.3. The SMILES string of the molecule is CCCc1cc(C(=O)NCC2(C)CCOCC2)cc(N)n1. The summed E-state index contributed by atoms with van der Waals surface area (Å²) >= 11 is 0. The molecule has 0 unspecified atom stereocenters. The molecule has 0 aliphatic carbocycles. The van der Waals surface area contributed by atoms with Crippen LogP contribution in [-0.2, 0) is 11.2 Å². The normalized spacial score (nSPS) is 17.4. The van der Waals surface area contributed by atoms with E-state index in [-0.39, 0.29) is 11.3 Å². The van der Waals surface area contributed by atoms with E-state index in [0.29, 0.717) is 17.9 Å². The van der Waals surface area contributed by atoms with Crippen LogP contribution >= 0.6 is 0 Å². The van der Waals surface area contributed by atoms with Gasteiger partial charge in [-0.15, -0.1) is 0 Å². The van der Waals surface area contributed by atoms with Gasteiger partial charge in [0.05, 0.1) is 0 Å². The molecule has 0 saturated carbocycles. The fourth-order valence-corrected chi connectivity index (χ4v) is 2.56. The lowest BCUT2D eigenvalue weighted by Gasteiger charge is -2.33. The lowest BCUT2D eigenvalue weighted by molar-refractivity contribution is 0.0238. The van der Waals surface area contributed by atoms with E-state index in [1.165, 1.54) is 0 Å². The number of carbonyl (C=O) groups excluding carboxylic acids is 1. The van der Waals surface area contributed by atoms with Crippen LogP contribution in [0.4, 0.5) is 5.82 Å². The maximum atomic E-state index is 12.3. The number of nitrogens with one attached hydrogen (secondary N) is 1. The molecule has 5 nitrogen and oxygen atoms in total. The Morgan fingerprint density at radius 2 is 2.14 bits per heavy atom. The van der Waals surface area contributed by atoms with Gasteiger partial charge in [-0.25, -0.2) is 4.98 Å². The summed E-state index contributed by atoms with van der Waals surface area (Å²) in [5, 5.41) is 3.03. The average molecular weight is 291 g/mol. The minimum atomic E-state index is -0.0748. The monoisotopic (exact) mass is 291 g/mol. The van der Waals surface area contributed by atoms with Gasteiger partial charge in [0, 0.05) is 31.0 Å². The second-order valence-corrected chi connectivity index (χ2v) is 6.13. The average Bonchev–Trinajstić information content (AvgIpc) is 2.45. The van der Waals surface area contributed by atoms with E-state index in [2.05, 4.69) is 24.1 Å². The van der Waals surface area contributed by atoms with Crippen molar-refractivity contribution >= 4 is 11.7 Å². The number of amides is 1. The summed E-state index contributed by atoms with van der Waals surface area (Å²) in [6.45, 7) is 6.49. The summed E-state index contributed by atoms with van der Waals surface area (Å²) in [5.74, 6) is 0.331. The van der Waals surface area contributed by atoms with E-state index in [9.17, 15) is 4.79 Å². The van der Waals surface area contributed by atoms with Gasteiger partial charge < -0.3 is 15.8 Å². The van der Waals surface area contributed by atoms with Crippen molar-refractivity contribution in [2.45, 2.75) is 39.5 Å². The molecule has 1 saturated heterocycles. The molecule has 0 radical (unpaired) electrons. The Bertz CT molecular complexity index is 496. The van der Waals surface area contributed by atoms with Gasteiger partial charge >= 0.3 is 0 Å². The maximum Gasteiger partial charge on any atom is 0.251 e. The minimum absolute atomic E-state index is 0.0748. The number of aryl methyl sites for hydroxylation is 1. The minimum Gasteiger partial charge on any atom is -0.384 e. The molecule has 1 aliphatic rings. The van der Waals surface area contributed by atoms with Crippen LogP contribution in [-0.4, -0.2) is 30.6 Å². The molecule has 1 fully saturated rings. The van der Waals surface area contributed by atoms with E-state index < -0.39 is 0 Å². The molecule has 5 heteroatoms. The summed E-state index contributed by atoms with van der Waals surface area (Å²) in [7, 11) is 0. The molecule has 0 spiro atoms. The molecule has 2 heterocycles. The van der Waals surface area contributed by atoms with Crippen molar-refractivity contribution in [2.24, 2.45) is 5.41 Å². The number of hydrogen-bond acceptors (Lipinski definition) is 4. The van der Waals surface area contributed by atoms with E-state index in [4.69, 9.17) is 10.5 Å². The zero-order valence-electron chi connectivity index (χ0n) is 12.9. The van der Waals surface area contributed by atoms with Gasteiger partial charge in [0.2, 0.25) is 0 Å². The molecule has 2 rings (SSSR count). The van der Waals surface area contributed by atoms with Crippen LogP contribution in [0, 0.1) is 5.41 Å². The van der Waals surface area contributed by atoms with Crippen molar-refractivity contribution in [3.63, 3.8) is 0 Å². The number of anilines is 1. The van der Waals surface area contributed by atoms with Crippen LogP contribution < -0.4 is 11.1 Å². The Morgan fingerprint density at radius 3 is 2.81 bits per heavy atom. The van der Waals surface area contributed by atoms with Crippen molar-refractivity contribution < 1.29 is 9.53 Å². The van der Waals surface area contributed by atoms with E-state index in [1.54, 1.807) is 6.07 Å². The number of pyridine rings is 1. The highest BCUT2D eigenvalue weighted by Crippen LogP contribution is 2.28. The molecule has 1 aromatic rings. The molecule has 0 aromatic carbocycles. The molecule has 1 aromatic heterocycles. The van der Waals surface area contributed by atoms with Crippen LogP contribution in [0.1, 0.15) is 49.2 Å². The standard InChI is InChI=1S/C16H25N3O2/c1-3-4-13-9-12(10-14(17)19-13)15(20)18-11-16(2)5-7-21-8-6-16/h9-10H,3-8,11H2,1-2H3,(H2,17,19)(H,18,20). The summed E-state index contributed by atoms with van der Waals surface area (Å²) in [5.41, 5.74) is 7.38. The van der Waals surface area contributed by atoms with Gasteiger partial charge in [0.25, 0.3) is 5.91 Å². The maximum absolute atomic E-state index is 12.3. The number of nitrogens with two attached hydrogens (primary N) is 1. The Kier molecular flexibility index (Phi) is 5.17. The number of rotatable bonds is 5. The van der Waals surface area contributed by atoms with Crippen LogP contribution in [0.3, 0.4) is 0 Å². The Labute approximate surface area is 126 Å². The van der Waals surface area contributed by atoms with E-state index >= 15 is 0 Å². The van der Waals surface area contributed by atoms with Gasteiger partial charge in [-0.3, -0.25) is 4.79 Å². The molecule has 0 bridgehead atoms. The van der Waals surface area contributed by atoms with Crippen LogP contribution in [0.2, 0.25) is 0 Å². The van der Waals surface area contributed by atoms with Crippen molar-refractivity contribution in [3.05, 3.63) is 23.4 Å². The number of ether oxygens (including phenoxy) is 1. The number of aromatic nitrogens is 1. The first kappa shape index (κ1) is 15.8. The molecule has 21 heavy (non-hydrogen) atoms. The third-order valence-electron chi connectivity index (χ3n) is 4.04. The first-order chi connectivity index (χ1) is 10.0. The molecule has 3 N–H and O–H groups in total. The predicted octanol–water partition coefficient (Wildman–Crippen LogP) is 2.16. The van der Waals surface area contributed by atoms with Gasteiger partial charge in [-0.05, 0) is 36.8 Å². The smallest absolute Gasteiger partial charge is 0.251 e. The van der Waals surface area contributed by atoms with Crippen molar-refractivity contribution in [3.8, 4) is 0 Å². The topological polar surface area (TPSA) is 77.2 Å². The second-order valence-electron chi connectivity index (χ2n) is 6.13. The first-order valence-corrected chi connectivity index (χ1v) is 7.65. The predicted molar refractivity (Wildman–Crippen MR) is 83.1 cm³/mol. The van der Waals surface area contributed by atoms with E-state index in [0.717, 1.165) is 44.6 Å².